The lowest BCUT2D eigenvalue weighted by Crippen LogP contribution is -2.45. The zero-order valence-electron chi connectivity index (χ0n) is 13.5. The van der Waals surface area contributed by atoms with E-state index >= 15 is 0 Å². The van der Waals surface area contributed by atoms with Crippen LogP contribution in [0.3, 0.4) is 0 Å². The summed E-state index contributed by atoms with van der Waals surface area (Å²) in [6.07, 6.45) is 4.37. The molecule has 0 spiro atoms. The summed E-state index contributed by atoms with van der Waals surface area (Å²) >= 11 is 0. The summed E-state index contributed by atoms with van der Waals surface area (Å²) in [6.45, 7) is 8.52. The van der Waals surface area contributed by atoms with E-state index in [2.05, 4.69) is 37.5 Å². The normalized spacial score (nSPS) is 25.0. The van der Waals surface area contributed by atoms with Crippen molar-refractivity contribution in [3.63, 3.8) is 0 Å². The van der Waals surface area contributed by atoms with E-state index in [1.165, 1.54) is 12.8 Å². The molecule has 0 aromatic carbocycles. The summed E-state index contributed by atoms with van der Waals surface area (Å²) < 4.78 is 5.81. The third-order valence-electron chi connectivity index (χ3n) is 4.73. The maximum atomic E-state index is 12.2. The molecule has 4 heteroatoms. The average Bonchev–Trinajstić information content (AvgIpc) is 3.11. The Morgan fingerprint density at radius 1 is 1.43 bits per heavy atom. The second-order valence-corrected chi connectivity index (χ2v) is 7.58. The molecule has 3 rings (SSSR count). The number of hydrogen-bond acceptors (Lipinski definition) is 2. The van der Waals surface area contributed by atoms with Crippen LogP contribution in [0.4, 0.5) is 4.79 Å². The molecule has 21 heavy (non-hydrogen) atoms. The summed E-state index contributed by atoms with van der Waals surface area (Å²) in [5, 5.41) is 6.22. The number of urea groups is 1. The van der Waals surface area contributed by atoms with Gasteiger partial charge in [-0.1, -0.05) is 13.8 Å². The molecule has 1 aromatic heterocycles. The number of furan rings is 1. The van der Waals surface area contributed by atoms with Crippen molar-refractivity contribution < 1.29 is 9.21 Å². The highest BCUT2D eigenvalue weighted by atomic mass is 16.3. The Bertz CT molecular complexity index is 543. The van der Waals surface area contributed by atoms with E-state index < -0.39 is 0 Å². The molecular weight excluding hydrogens is 264 g/mol. The van der Waals surface area contributed by atoms with Gasteiger partial charge in [0.15, 0.2) is 0 Å². The molecule has 0 radical (unpaired) electrons. The summed E-state index contributed by atoms with van der Waals surface area (Å²) in [5.74, 6) is 2.63. The fraction of sp³-hybridized carbons (Fsp3) is 0.706. The van der Waals surface area contributed by atoms with Crippen LogP contribution in [0.5, 0.6) is 0 Å². The minimum absolute atomic E-state index is 0.0487. The van der Waals surface area contributed by atoms with Crippen LogP contribution in [0.25, 0.3) is 0 Å². The molecule has 1 fully saturated rings. The van der Waals surface area contributed by atoms with Crippen molar-refractivity contribution in [2.45, 2.75) is 65.5 Å². The number of aryl methyl sites for hydroxylation is 1. The van der Waals surface area contributed by atoms with Crippen molar-refractivity contribution in [1.29, 1.82) is 0 Å². The second kappa shape index (κ2) is 5.08. The first-order valence-electron chi connectivity index (χ1n) is 8.00. The SMILES string of the molecule is Cc1cc2c(o1)CC(C)(C)C[C@H]2NC(=O)N[C@H](C)C1CC1. The average molecular weight is 290 g/mol. The van der Waals surface area contributed by atoms with Gasteiger partial charge in [-0.2, -0.15) is 0 Å². The monoisotopic (exact) mass is 290 g/mol. The van der Waals surface area contributed by atoms with E-state index in [4.69, 9.17) is 4.42 Å². The van der Waals surface area contributed by atoms with Crippen molar-refractivity contribution in [1.82, 2.24) is 10.6 Å². The van der Waals surface area contributed by atoms with Crippen LogP contribution in [0.1, 0.15) is 63.2 Å². The lowest BCUT2D eigenvalue weighted by atomic mass is 9.75. The van der Waals surface area contributed by atoms with Crippen LogP contribution in [-0.2, 0) is 6.42 Å². The van der Waals surface area contributed by atoms with Gasteiger partial charge in [-0.3, -0.25) is 0 Å². The lowest BCUT2D eigenvalue weighted by molar-refractivity contribution is 0.211. The van der Waals surface area contributed by atoms with Gasteiger partial charge < -0.3 is 15.1 Å². The van der Waals surface area contributed by atoms with Crippen molar-refractivity contribution in [3.8, 4) is 0 Å². The first kappa shape index (κ1) is 14.5. The lowest BCUT2D eigenvalue weighted by Gasteiger charge is -2.34. The van der Waals surface area contributed by atoms with E-state index in [-0.39, 0.29) is 23.5 Å². The van der Waals surface area contributed by atoms with Gasteiger partial charge in [-0.25, -0.2) is 4.79 Å². The van der Waals surface area contributed by atoms with Gasteiger partial charge in [-0.05, 0) is 50.5 Å². The van der Waals surface area contributed by atoms with Crippen LogP contribution >= 0.6 is 0 Å². The number of fused-ring (bicyclic) bond motifs is 1. The van der Waals surface area contributed by atoms with Crippen LogP contribution in [0.15, 0.2) is 10.5 Å². The maximum Gasteiger partial charge on any atom is 0.315 e. The van der Waals surface area contributed by atoms with Crippen molar-refractivity contribution in [3.05, 3.63) is 23.2 Å². The minimum Gasteiger partial charge on any atom is -0.466 e. The number of rotatable bonds is 3. The predicted octanol–water partition coefficient (Wildman–Crippen LogP) is 3.70. The Kier molecular flexibility index (Phi) is 3.50. The Morgan fingerprint density at radius 3 is 2.81 bits per heavy atom. The zero-order chi connectivity index (χ0) is 15.2. The molecule has 0 unspecified atom stereocenters. The van der Waals surface area contributed by atoms with E-state index in [1.807, 2.05) is 6.92 Å². The van der Waals surface area contributed by atoms with Crippen LogP contribution in [0.2, 0.25) is 0 Å². The minimum atomic E-state index is -0.0538. The van der Waals surface area contributed by atoms with Crippen LogP contribution in [0, 0.1) is 18.3 Å². The van der Waals surface area contributed by atoms with Gasteiger partial charge in [0.2, 0.25) is 0 Å². The molecule has 0 saturated heterocycles. The molecule has 2 aliphatic carbocycles. The van der Waals surface area contributed by atoms with Crippen molar-refractivity contribution in [2.24, 2.45) is 11.3 Å². The molecule has 0 bridgehead atoms. The Hall–Kier alpha value is -1.45. The van der Waals surface area contributed by atoms with Gasteiger partial charge in [0.1, 0.15) is 11.5 Å². The molecule has 4 nitrogen and oxygen atoms in total. The number of hydrogen-bond donors (Lipinski definition) is 2. The molecule has 116 valence electrons. The van der Waals surface area contributed by atoms with Crippen LogP contribution < -0.4 is 10.6 Å². The summed E-state index contributed by atoms with van der Waals surface area (Å²) in [5.41, 5.74) is 1.30. The Balaban J connectivity index is 1.70. The molecule has 2 amide bonds. The molecular formula is C17H26N2O2. The topological polar surface area (TPSA) is 54.3 Å². The zero-order valence-corrected chi connectivity index (χ0v) is 13.5. The van der Waals surface area contributed by atoms with E-state index in [9.17, 15) is 4.79 Å². The first-order chi connectivity index (χ1) is 9.84. The van der Waals surface area contributed by atoms with E-state index in [1.54, 1.807) is 0 Å². The van der Waals surface area contributed by atoms with Crippen molar-refractivity contribution in [2.75, 3.05) is 0 Å². The number of carbonyl (C=O) groups is 1. The molecule has 1 saturated carbocycles. The summed E-state index contributed by atoms with van der Waals surface area (Å²) in [4.78, 5) is 12.2. The molecule has 2 N–H and O–H groups in total. The third-order valence-corrected chi connectivity index (χ3v) is 4.73. The largest absolute Gasteiger partial charge is 0.466 e. The second-order valence-electron chi connectivity index (χ2n) is 7.58. The van der Waals surface area contributed by atoms with Gasteiger partial charge in [0.25, 0.3) is 0 Å². The smallest absolute Gasteiger partial charge is 0.315 e. The summed E-state index contributed by atoms with van der Waals surface area (Å²) in [7, 11) is 0. The standard InChI is InChI=1S/C17H26N2O2/c1-10-7-13-14(8-17(3,4)9-15(13)21-10)19-16(20)18-11(2)12-5-6-12/h7,11-12,14H,5-6,8-9H2,1-4H3,(H2,18,19,20)/t11-,14-/m1/s1. The quantitative estimate of drug-likeness (QED) is 0.892. The Morgan fingerprint density at radius 2 is 2.14 bits per heavy atom. The number of nitrogens with one attached hydrogen (secondary N) is 2. The van der Waals surface area contributed by atoms with Crippen molar-refractivity contribution >= 4 is 6.03 Å². The highest BCUT2D eigenvalue weighted by Gasteiger charge is 2.36. The highest BCUT2D eigenvalue weighted by Crippen LogP contribution is 2.42. The molecule has 0 aliphatic heterocycles. The van der Waals surface area contributed by atoms with Gasteiger partial charge in [-0.15, -0.1) is 0 Å². The molecule has 1 aromatic rings. The fourth-order valence-electron chi connectivity index (χ4n) is 3.43. The van der Waals surface area contributed by atoms with E-state index in [0.29, 0.717) is 5.92 Å². The molecule has 1 heterocycles. The molecule has 2 atom stereocenters. The maximum absolute atomic E-state index is 12.2. The number of amides is 2. The van der Waals surface area contributed by atoms with Gasteiger partial charge >= 0.3 is 6.03 Å². The highest BCUT2D eigenvalue weighted by molar-refractivity contribution is 5.75. The van der Waals surface area contributed by atoms with Gasteiger partial charge in [0.05, 0.1) is 6.04 Å². The number of carbonyl (C=O) groups excluding carboxylic acids is 1. The molecule has 2 aliphatic rings. The first-order valence-corrected chi connectivity index (χ1v) is 8.00. The predicted molar refractivity (Wildman–Crippen MR) is 82.1 cm³/mol. The third kappa shape index (κ3) is 3.25. The van der Waals surface area contributed by atoms with Crippen LogP contribution in [-0.4, -0.2) is 12.1 Å². The van der Waals surface area contributed by atoms with Gasteiger partial charge in [0, 0.05) is 18.0 Å². The summed E-state index contributed by atoms with van der Waals surface area (Å²) in [6, 6.07) is 2.33. The fourth-order valence-corrected chi connectivity index (χ4v) is 3.43. The van der Waals surface area contributed by atoms with E-state index in [0.717, 1.165) is 29.9 Å². The Labute approximate surface area is 126 Å².